The Morgan fingerprint density at radius 1 is 1.21 bits per heavy atom. The maximum atomic E-state index is 11.2. The minimum Gasteiger partial charge on any atom is -0.449 e. The van der Waals surface area contributed by atoms with E-state index in [1.54, 1.807) is 0 Å². The number of carbonyl (C=O) groups excluding carboxylic acids is 1. The molecular formula is C11H16NO6P. The van der Waals surface area contributed by atoms with E-state index in [1.807, 2.05) is 30.3 Å². The van der Waals surface area contributed by atoms with Gasteiger partial charge in [-0.15, -0.1) is 0 Å². The number of hydrogen-bond donors (Lipinski definition) is 3. The molecule has 1 amide bonds. The van der Waals surface area contributed by atoms with Gasteiger partial charge in [-0.2, -0.15) is 0 Å². The van der Waals surface area contributed by atoms with Crippen molar-refractivity contribution in [2.45, 2.75) is 13.0 Å². The van der Waals surface area contributed by atoms with Crippen molar-refractivity contribution in [1.29, 1.82) is 0 Å². The van der Waals surface area contributed by atoms with Gasteiger partial charge in [0.1, 0.15) is 0 Å². The van der Waals surface area contributed by atoms with E-state index in [0.717, 1.165) is 5.56 Å². The second-order valence-corrected chi connectivity index (χ2v) is 4.89. The van der Waals surface area contributed by atoms with E-state index in [-0.39, 0.29) is 19.6 Å². The van der Waals surface area contributed by atoms with Crippen LogP contribution in [0, 0.1) is 0 Å². The Morgan fingerprint density at radius 3 is 2.53 bits per heavy atom. The van der Waals surface area contributed by atoms with Gasteiger partial charge in [-0.05, 0) is 5.56 Å². The topological polar surface area (TPSA) is 105 Å². The van der Waals surface area contributed by atoms with E-state index in [9.17, 15) is 9.36 Å². The van der Waals surface area contributed by atoms with Gasteiger partial charge in [0, 0.05) is 13.0 Å². The Kier molecular flexibility index (Phi) is 6.52. The summed E-state index contributed by atoms with van der Waals surface area (Å²) in [5.41, 5.74) is 0.948. The van der Waals surface area contributed by atoms with Gasteiger partial charge in [0.25, 0.3) is 0 Å². The van der Waals surface area contributed by atoms with Crippen LogP contribution in [0.25, 0.3) is 0 Å². The highest BCUT2D eigenvalue weighted by atomic mass is 31.2. The van der Waals surface area contributed by atoms with Gasteiger partial charge in [-0.1, -0.05) is 30.3 Å². The van der Waals surface area contributed by atoms with Gasteiger partial charge < -0.3 is 19.8 Å². The van der Waals surface area contributed by atoms with Gasteiger partial charge in [0.05, 0.1) is 13.2 Å². The van der Waals surface area contributed by atoms with Crippen LogP contribution in [-0.2, 0) is 20.4 Å². The van der Waals surface area contributed by atoms with Crippen molar-refractivity contribution in [3.05, 3.63) is 35.9 Å². The van der Waals surface area contributed by atoms with Gasteiger partial charge >= 0.3 is 13.9 Å². The average Bonchev–Trinajstić information content (AvgIpc) is 2.36. The predicted molar refractivity (Wildman–Crippen MR) is 67.2 cm³/mol. The number of amides is 1. The summed E-state index contributed by atoms with van der Waals surface area (Å²) in [5, 5.41) is 2.55. The molecule has 0 aliphatic heterocycles. The molecule has 3 N–H and O–H groups in total. The summed E-state index contributed by atoms with van der Waals surface area (Å²) in [6, 6.07) is 9.34. The van der Waals surface area contributed by atoms with Crippen LogP contribution in [0.1, 0.15) is 12.0 Å². The van der Waals surface area contributed by atoms with Crippen molar-refractivity contribution in [1.82, 2.24) is 5.32 Å². The zero-order valence-electron chi connectivity index (χ0n) is 10.2. The molecule has 1 aromatic carbocycles. The van der Waals surface area contributed by atoms with Crippen LogP contribution >= 0.6 is 7.82 Å². The van der Waals surface area contributed by atoms with Crippen LogP contribution < -0.4 is 5.32 Å². The minimum absolute atomic E-state index is 0.0284. The van der Waals surface area contributed by atoms with Gasteiger partial charge in [0.2, 0.25) is 0 Å². The molecule has 0 spiro atoms. The van der Waals surface area contributed by atoms with Crippen LogP contribution in [-0.4, -0.2) is 29.1 Å². The number of ether oxygens (including phenoxy) is 1. The molecule has 0 fully saturated rings. The molecular weight excluding hydrogens is 273 g/mol. The van der Waals surface area contributed by atoms with Gasteiger partial charge in [-0.3, -0.25) is 4.52 Å². The lowest BCUT2D eigenvalue weighted by Gasteiger charge is -2.07. The number of alkyl carbamates (subject to hydrolysis) is 1. The molecule has 0 heterocycles. The number of phosphoric acid groups is 1. The summed E-state index contributed by atoms with van der Waals surface area (Å²) in [5.74, 6) is 0. The summed E-state index contributed by atoms with van der Waals surface area (Å²) < 4.78 is 19.3. The fourth-order valence-corrected chi connectivity index (χ4v) is 1.60. The quantitative estimate of drug-likeness (QED) is 0.518. The monoisotopic (exact) mass is 289 g/mol. The molecule has 0 saturated carbocycles. The largest absolute Gasteiger partial charge is 0.469 e. The minimum atomic E-state index is -4.44. The van der Waals surface area contributed by atoms with E-state index in [1.165, 1.54) is 0 Å². The summed E-state index contributed by atoms with van der Waals surface area (Å²) in [4.78, 5) is 28.1. The number of hydrogen-bond acceptors (Lipinski definition) is 4. The first-order valence-corrected chi connectivity index (χ1v) is 7.15. The lowest BCUT2D eigenvalue weighted by Crippen LogP contribution is -2.24. The third kappa shape index (κ3) is 8.34. The number of carbonyl (C=O) groups is 1. The fourth-order valence-electron chi connectivity index (χ4n) is 1.23. The van der Waals surface area contributed by atoms with E-state index >= 15 is 0 Å². The normalized spacial score (nSPS) is 11.1. The molecule has 0 bridgehead atoms. The van der Waals surface area contributed by atoms with Crippen LogP contribution in [0.2, 0.25) is 0 Å². The molecule has 106 valence electrons. The fraction of sp³-hybridized carbons (Fsp3) is 0.364. The first kappa shape index (κ1) is 15.7. The zero-order chi connectivity index (χ0) is 14.1. The third-order valence-corrected chi connectivity index (χ3v) is 2.58. The van der Waals surface area contributed by atoms with Crippen molar-refractivity contribution >= 4 is 13.9 Å². The molecule has 0 radical (unpaired) electrons. The Hall–Kier alpha value is -1.40. The summed E-state index contributed by atoms with van der Waals surface area (Å²) in [7, 11) is -4.44. The molecule has 8 heteroatoms. The Balaban J connectivity index is 2.07. The van der Waals surface area contributed by atoms with Crippen LogP contribution in [0.15, 0.2) is 30.3 Å². The van der Waals surface area contributed by atoms with Crippen molar-refractivity contribution in [3.63, 3.8) is 0 Å². The number of rotatable bonds is 7. The molecule has 0 unspecified atom stereocenters. The molecule has 19 heavy (non-hydrogen) atoms. The Labute approximate surface area is 110 Å². The van der Waals surface area contributed by atoms with E-state index in [4.69, 9.17) is 14.5 Å². The van der Waals surface area contributed by atoms with Crippen molar-refractivity contribution in [3.8, 4) is 0 Å². The Bertz CT molecular complexity index is 432. The van der Waals surface area contributed by atoms with Gasteiger partial charge in [0.15, 0.2) is 0 Å². The highest BCUT2D eigenvalue weighted by Gasteiger charge is 2.12. The zero-order valence-corrected chi connectivity index (χ0v) is 11.1. The summed E-state index contributed by atoms with van der Waals surface area (Å²) in [6.07, 6.45) is -0.371. The highest BCUT2D eigenvalue weighted by Crippen LogP contribution is 2.35. The standard InChI is InChI=1S/C11H16NO6P/c13-11(12-9-10-5-2-1-3-6-10)17-7-4-8-18-19(14,15)16/h1-3,5-6H,4,7-9H2,(H,12,13)(H2,14,15,16). The van der Waals surface area contributed by atoms with Crippen LogP contribution in [0.4, 0.5) is 4.79 Å². The lowest BCUT2D eigenvalue weighted by atomic mass is 10.2. The molecule has 7 nitrogen and oxygen atoms in total. The Morgan fingerprint density at radius 2 is 1.89 bits per heavy atom. The van der Waals surface area contributed by atoms with Crippen molar-refractivity contribution < 1.29 is 28.4 Å². The summed E-state index contributed by atoms with van der Waals surface area (Å²) >= 11 is 0. The molecule has 0 atom stereocenters. The first-order chi connectivity index (χ1) is 8.97. The van der Waals surface area contributed by atoms with Crippen LogP contribution in [0.3, 0.4) is 0 Å². The predicted octanol–water partition coefficient (Wildman–Crippen LogP) is 1.41. The number of benzene rings is 1. The molecule has 1 rings (SSSR count). The maximum absolute atomic E-state index is 11.2. The second kappa shape index (κ2) is 7.91. The lowest BCUT2D eigenvalue weighted by molar-refractivity contribution is 0.131. The molecule has 1 aromatic rings. The van der Waals surface area contributed by atoms with Crippen molar-refractivity contribution in [2.24, 2.45) is 0 Å². The highest BCUT2D eigenvalue weighted by molar-refractivity contribution is 7.46. The first-order valence-electron chi connectivity index (χ1n) is 5.62. The number of phosphoric ester groups is 1. The molecule has 0 aliphatic rings. The van der Waals surface area contributed by atoms with Crippen LogP contribution in [0.5, 0.6) is 0 Å². The third-order valence-electron chi connectivity index (χ3n) is 2.06. The average molecular weight is 289 g/mol. The van der Waals surface area contributed by atoms with E-state index in [0.29, 0.717) is 6.54 Å². The molecule has 0 saturated heterocycles. The van der Waals surface area contributed by atoms with Crippen molar-refractivity contribution in [2.75, 3.05) is 13.2 Å². The number of nitrogens with one attached hydrogen (secondary N) is 1. The van der Waals surface area contributed by atoms with E-state index < -0.39 is 13.9 Å². The second-order valence-electron chi connectivity index (χ2n) is 3.65. The molecule has 0 aromatic heterocycles. The SMILES string of the molecule is O=C(NCc1ccccc1)OCCCOP(=O)(O)O. The van der Waals surface area contributed by atoms with Gasteiger partial charge in [-0.25, -0.2) is 9.36 Å². The maximum Gasteiger partial charge on any atom is 0.469 e. The smallest absolute Gasteiger partial charge is 0.449 e. The van der Waals surface area contributed by atoms with E-state index in [2.05, 4.69) is 9.84 Å². The molecule has 0 aliphatic carbocycles. The summed E-state index contributed by atoms with van der Waals surface area (Å²) in [6.45, 7) is 0.218.